The molecule has 4 heteroatoms. The van der Waals surface area contributed by atoms with Gasteiger partial charge in [0.25, 0.3) is 0 Å². The van der Waals surface area contributed by atoms with Crippen molar-refractivity contribution in [3.8, 4) is 0 Å². The molecule has 1 aliphatic carbocycles. The molecule has 0 saturated heterocycles. The highest BCUT2D eigenvalue weighted by Gasteiger charge is 2.36. The summed E-state index contributed by atoms with van der Waals surface area (Å²) in [4.78, 5) is 12.9. The Hall–Kier alpha value is -1.00. The summed E-state index contributed by atoms with van der Waals surface area (Å²) in [5.41, 5.74) is 0.585. The lowest BCUT2D eigenvalue weighted by atomic mass is 9.80. The largest absolute Gasteiger partial charge is 0.466 e. The molecule has 1 saturated carbocycles. The summed E-state index contributed by atoms with van der Waals surface area (Å²) in [6.45, 7) is 4.35. The van der Waals surface area contributed by atoms with Gasteiger partial charge in [-0.1, -0.05) is 18.2 Å². The van der Waals surface area contributed by atoms with E-state index in [-0.39, 0.29) is 11.9 Å². The average Bonchev–Trinajstić information content (AvgIpc) is 2.47. The molecule has 116 valence electrons. The molecule has 1 N–H and O–H groups in total. The van der Waals surface area contributed by atoms with Crippen molar-refractivity contribution in [1.29, 1.82) is 0 Å². The van der Waals surface area contributed by atoms with Crippen LogP contribution in [0.4, 0.5) is 0 Å². The van der Waals surface area contributed by atoms with E-state index in [0.29, 0.717) is 25.2 Å². The van der Waals surface area contributed by atoms with E-state index in [2.05, 4.69) is 19.1 Å². The van der Waals surface area contributed by atoms with Crippen LogP contribution >= 0.6 is 11.8 Å². The second kappa shape index (κ2) is 7.32. The van der Waals surface area contributed by atoms with Gasteiger partial charge in [-0.15, -0.1) is 11.8 Å². The van der Waals surface area contributed by atoms with Gasteiger partial charge in [0.1, 0.15) is 0 Å². The minimum absolute atomic E-state index is 0.0336. The number of aryl methyl sites for hydroxylation is 1. The van der Waals surface area contributed by atoms with E-state index in [1.165, 1.54) is 10.5 Å². The zero-order valence-electron chi connectivity index (χ0n) is 12.8. The van der Waals surface area contributed by atoms with Gasteiger partial charge in [0.15, 0.2) is 0 Å². The zero-order valence-corrected chi connectivity index (χ0v) is 13.6. The van der Waals surface area contributed by atoms with E-state index in [9.17, 15) is 9.90 Å². The number of carbonyl (C=O) groups is 1. The molecule has 0 radical (unpaired) electrons. The van der Waals surface area contributed by atoms with E-state index in [1.807, 2.05) is 19.1 Å². The third kappa shape index (κ3) is 4.48. The van der Waals surface area contributed by atoms with Gasteiger partial charge in [-0.25, -0.2) is 0 Å². The molecule has 0 bridgehead atoms. The zero-order chi connectivity index (χ0) is 15.3. The molecule has 0 atom stereocenters. The van der Waals surface area contributed by atoms with Crippen molar-refractivity contribution in [2.24, 2.45) is 5.92 Å². The molecule has 1 aromatic rings. The first kappa shape index (κ1) is 16.4. The molecule has 0 aliphatic heterocycles. The number of carbonyl (C=O) groups excluding carboxylic acids is 1. The molecular formula is C17H24O3S. The van der Waals surface area contributed by atoms with Crippen molar-refractivity contribution in [1.82, 2.24) is 0 Å². The first-order valence-electron chi connectivity index (χ1n) is 7.61. The molecule has 21 heavy (non-hydrogen) atoms. The van der Waals surface area contributed by atoms with Crippen LogP contribution in [0.5, 0.6) is 0 Å². The minimum Gasteiger partial charge on any atom is -0.466 e. The molecule has 2 rings (SSSR count). The molecule has 0 heterocycles. The highest BCUT2D eigenvalue weighted by Crippen LogP contribution is 2.37. The summed E-state index contributed by atoms with van der Waals surface area (Å²) in [5, 5.41) is 10.7. The number of aliphatic hydroxyl groups is 1. The molecule has 1 aliphatic rings. The molecule has 0 aromatic heterocycles. The number of benzene rings is 1. The van der Waals surface area contributed by atoms with Crippen molar-refractivity contribution in [3.05, 3.63) is 29.8 Å². The van der Waals surface area contributed by atoms with Crippen LogP contribution in [-0.4, -0.2) is 29.0 Å². The van der Waals surface area contributed by atoms with E-state index in [0.717, 1.165) is 12.8 Å². The van der Waals surface area contributed by atoms with Crippen LogP contribution in [-0.2, 0) is 9.53 Å². The Labute approximate surface area is 131 Å². The monoisotopic (exact) mass is 308 g/mol. The van der Waals surface area contributed by atoms with Gasteiger partial charge in [-0.2, -0.15) is 0 Å². The van der Waals surface area contributed by atoms with Gasteiger partial charge in [0.05, 0.1) is 18.1 Å². The van der Waals surface area contributed by atoms with Crippen LogP contribution < -0.4 is 0 Å². The lowest BCUT2D eigenvalue weighted by molar-refractivity contribution is -0.150. The summed E-state index contributed by atoms with van der Waals surface area (Å²) in [5.74, 6) is 0.549. The third-order valence-electron chi connectivity index (χ3n) is 4.13. The molecular weight excluding hydrogens is 284 g/mol. The van der Waals surface area contributed by atoms with Gasteiger partial charge in [-0.05, 0) is 51.2 Å². The van der Waals surface area contributed by atoms with Gasteiger partial charge in [0.2, 0.25) is 0 Å². The molecule has 3 nitrogen and oxygen atoms in total. The Bertz CT molecular complexity index is 479. The second-order valence-corrected chi connectivity index (χ2v) is 6.82. The lowest BCUT2D eigenvalue weighted by Crippen LogP contribution is -2.38. The SMILES string of the molecule is CCOC(=O)C1CCC(O)(CSc2ccccc2C)CC1. The van der Waals surface area contributed by atoms with Crippen LogP contribution in [0.15, 0.2) is 29.2 Å². The molecule has 1 aromatic carbocycles. The Balaban J connectivity index is 1.85. The summed E-state index contributed by atoms with van der Waals surface area (Å²) < 4.78 is 5.07. The molecule has 0 unspecified atom stereocenters. The van der Waals surface area contributed by atoms with Crippen molar-refractivity contribution in [3.63, 3.8) is 0 Å². The maximum Gasteiger partial charge on any atom is 0.308 e. The predicted octanol–water partition coefficient (Wildman–Crippen LogP) is 3.57. The van der Waals surface area contributed by atoms with Crippen molar-refractivity contribution >= 4 is 17.7 Å². The fourth-order valence-corrected chi connectivity index (χ4v) is 3.91. The smallest absolute Gasteiger partial charge is 0.308 e. The molecule has 0 spiro atoms. The van der Waals surface area contributed by atoms with Gasteiger partial charge < -0.3 is 9.84 Å². The first-order chi connectivity index (χ1) is 10.0. The number of thioether (sulfide) groups is 1. The van der Waals surface area contributed by atoms with Gasteiger partial charge in [0, 0.05) is 10.6 Å². The van der Waals surface area contributed by atoms with Crippen molar-refractivity contribution in [2.45, 2.75) is 50.0 Å². The highest BCUT2D eigenvalue weighted by molar-refractivity contribution is 7.99. The van der Waals surface area contributed by atoms with E-state index < -0.39 is 5.60 Å². The van der Waals surface area contributed by atoms with Gasteiger partial charge >= 0.3 is 5.97 Å². The normalized spacial score (nSPS) is 25.6. The van der Waals surface area contributed by atoms with Crippen LogP contribution in [0.25, 0.3) is 0 Å². The Kier molecular flexibility index (Phi) is 5.71. The van der Waals surface area contributed by atoms with Crippen molar-refractivity contribution in [2.75, 3.05) is 12.4 Å². The molecule has 1 fully saturated rings. The van der Waals surface area contributed by atoms with E-state index >= 15 is 0 Å². The fraction of sp³-hybridized carbons (Fsp3) is 0.588. The van der Waals surface area contributed by atoms with Crippen LogP contribution in [0.3, 0.4) is 0 Å². The summed E-state index contributed by atoms with van der Waals surface area (Å²) in [7, 11) is 0. The average molecular weight is 308 g/mol. The number of hydrogen-bond acceptors (Lipinski definition) is 4. The Morgan fingerprint density at radius 1 is 1.38 bits per heavy atom. The van der Waals surface area contributed by atoms with E-state index in [1.54, 1.807) is 11.8 Å². The summed E-state index contributed by atoms with van der Waals surface area (Å²) in [6.07, 6.45) is 2.80. The quantitative estimate of drug-likeness (QED) is 0.667. The Morgan fingerprint density at radius 3 is 2.67 bits per heavy atom. The van der Waals surface area contributed by atoms with Gasteiger partial charge in [-0.3, -0.25) is 4.79 Å². The maximum absolute atomic E-state index is 11.7. The number of ether oxygens (including phenoxy) is 1. The van der Waals surface area contributed by atoms with E-state index in [4.69, 9.17) is 4.74 Å². The van der Waals surface area contributed by atoms with Crippen molar-refractivity contribution < 1.29 is 14.6 Å². The van der Waals surface area contributed by atoms with Crippen LogP contribution in [0.2, 0.25) is 0 Å². The number of hydrogen-bond donors (Lipinski definition) is 1. The molecule has 0 amide bonds. The van der Waals surface area contributed by atoms with Crippen LogP contribution in [0.1, 0.15) is 38.2 Å². The number of esters is 1. The first-order valence-corrected chi connectivity index (χ1v) is 8.60. The number of rotatable bonds is 5. The standard InChI is InChI=1S/C17H24O3S/c1-3-20-16(18)14-8-10-17(19,11-9-14)12-21-15-7-5-4-6-13(15)2/h4-7,14,19H,3,8-12H2,1-2H3. The maximum atomic E-state index is 11.7. The predicted molar refractivity (Wildman–Crippen MR) is 85.4 cm³/mol. The minimum atomic E-state index is -0.657. The summed E-state index contributed by atoms with van der Waals surface area (Å²) >= 11 is 1.71. The second-order valence-electron chi connectivity index (χ2n) is 5.80. The Morgan fingerprint density at radius 2 is 2.05 bits per heavy atom. The topological polar surface area (TPSA) is 46.5 Å². The lowest BCUT2D eigenvalue weighted by Gasteiger charge is -2.35. The fourth-order valence-electron chi connectivity index (χ4n) is 2.73. The third-order valence-corrected chi connectivity index (χ3v) is 5.58. The van der Waals surface area contributed by atoms with Crippen LogP contribution in [0, 0.1) is 12.8 Å². The summed E-state index contributed by atoms with van der Waals surface area (Å²) in [6, 6.07) is 8.23. The highest BCUT2D eigenvalue weighted by atomic mass is 32.2.